The average Bonchev–Trinajstić information content (AvgIpc) is 2.78. The molecule has 134 valence electrons. The highest BCUT2D eigenvalue weighted by atomic mass is 32.1. The number of carbonyl (C=O) groups is 1. The van der Waals surface area contributed by atoms with Crippen molar-refractivity contribution in [1.82, 2.24) is 19.8 Å². The van der Waals surface area contributed by atoms with Crippen LogP contribution in [0.2, 0.25) is 0 Å². The quantitative estimate of drug-likeness (QED) is 0.844. The fourth-order valence-corrected chi connectivity index (χ4v) is 5.03. The summed E-state index contributed by atoms with van der Waals surface area (Å²) < 4.78 is 1.83. The third kappa shape index (κ3) is 2.79. The highest BCUT2D eigenvalue weighted by Gasteiger charge is 2.28. The van der Waals surface area contributed by atoms with Gasteiger partial charge in [-0.1, -0.05) is 6.42 Å². The monoisotopic (exact) mass is 360 g/mol. The summed E-state index contributed by atoms with van der Waals surface area (Å²) in [7, 11) is 0. The Morgan fingerprint density at radius 1 is 1.28 bits per heavy atom. The van der Waals surface area contributed by atoms with Gasteiger partial charge in [-0.15, -0.1) is 11.3 Å². The Morgan fingerprint density at radius 2 is 2.12 bits per heavy atom. The van der Waals surface area contributed by atoms with Crippen molar-refractivity contribution in [1.29, 1.82) is 0 Å². The van der Waals surface area contributed by atoms with Crippen LogP contribution in [0.4, 0.5) is 0 Å². The fraction of sp³-hybridized carbons (Fsp3) is 0.611. The van der Waals surface area contributed by atoms with E-state index in [1.165, 1.54) is 11.3 Å². The zero-order chi connectivity index (χ0) is 17.6. The molecule has 4 rings (SSSR count). The number of nitrogens with one attached hydrogen (secondary N) is 1. The molecule has 0 saturated carbocycles. The fourth-order valence-electron chi connectivity index (χ4n) is 3.89. The van der Waals surface area contributed by atoms with Gasteiger partial charge >= 0.3 is 0 Å². The molecule has 0 aliphatic carbocycles. The Hall–Kier alpha value is -1.73. The van der Waals surface area contributed by atoms with Gasteiger partial charge in [0.05, 0.1) is 10.3 Å². The van der Waals surface area contributed by atoms with Gasteiger partial charge in [0.2, 0.25) is 0 Å². The van der Waals surface area contributed by atoms with Crippen molar-refractivity contribution in [2.45, 2.75) is 52.1 Å². The zero-order valence-corrected chi connectivity index (χ0v) is 15.6. The van der Waals surface area contributed by atoms with Gasteiger partial charge in [0.25, 0.3) is 11.5 Å². The third-order valence-corrected chi connectivity index (χ3v) is 6.54. The number of rotatable bonds is 1. The number of aromatic nitrogens is 2. The molecule has 2 aromatic rings. The molecule has 0 aromatic carbocycles. The number of hydrogen-bond donors (Lipinski definition) is 1. The second-order valence-electron chi connectivity index (χ2n) is 7.08. The van der Waals surface area contributed by atoms with E-state index in [2.05, 4.69) is 12.2 Å². The summed E-state index contributed by atoms with van der Waals surface area (Å²) >= 11 is 1.39. The van der Waals surface area contributed by atoms with E-state index in [9.17, 15) is 9.59 Å². The van der Waals surface area contributed by atoms with E-state index < -0.39 is 0 Å². The third-order valence-electron chi connectivity index (χ3n) is 5.37. The second kappa shape index (κ2) is 6.53. The lowest BCUT2D eigenvalue weighted by Gasteiger charge is -2.33. The van der Waals surface area contributed by atoms with Crippen LogP contribution in [0.3, 0.4) is 0 Å². The van der Waals surface area contributed by atoms with Crippen LogP contribution in [0.15, 0.2) is 4.79 Å². The topological polar surface area (TPSA) is 67.2 Å². The first-order valence-corrected chi connectivity index (χ1v) is 9.94. The first-order chi connectivity index (χ1) is 12.1. The summed E-state index contributed by atoms with van der Waals surface area (Å²) in [4.78, 5) is 34.2. The molecule has 0 bridgehead atoms. The van der Waals surface area contributed by atoms with Gasteiger partial charge in [-0.2, -0.15) is 0 Å². The molecule has 0 unspecified atom stereocenters. The lowest BCUT2D eigenvalue weighted by Crippen LogP contribution is -2.52. The average molecular weight is 360 g/mol. The van der Waals surface area contributed by atoms with Gasteiger partial charge in [-0.3, -0.25) is 14.2 Å². The molecule has 4 heterocycles. The SMILES string of the molecule is Cc1c(C(=O)N2CCNC[C@@H]2C)sc2nc3n(c(=O)c12)CCCCC3. The Bertz CT molecular complexity index is 885. The summed E-state index contributed by atoms with van der Waals surface area (Å²) in [6, 6.07) is 0.164. The smallest absolute Gasteiger partial charge is 0.264 e. The summed E-state index contributed by atoms with van der Waals surface area (Å²) in [6.45, 7) is 7.02. The first kappa shape index (κ1) is 16.7. The highest BCUT2D eigenvalue weighted by Crippen LogP contribution is 2.30. The molecule has 0 radical (unpaired) electrons. The number of carbonyl (C=O) groups excluding carboxylic acids is 1. The number of hydrogen-bond acceptors (Lipinski definition) is 5. The molecule has 1 atom stereocenters. The predicted octanol–water partition coefficient (Wildman–Crippen LogP) is 1.93. The van der Waals surface area contributed by atoms with Crippen LogP contribution in [0.25, 0.3) is 10.2 Å². The van der Waals surface area contributed by atoms with Crippen LogP contribution in [0.1, 0.15) is 47.2 Å². The van der Waals surface area contributed by atoms with E-state index >= 15 is 0 Å². The van der Waals surface area contributed by atoms with E-state index in [0.717, 1.165) is 61.5 Å². The number of fused-ring (bicyclic) bond motifs is 2. The lowest BCUT2D eigenvalue weighted by atomic mass is 10.1. The van der Waals surface area contributed by atoms with Gasteiger partial charge in [0.1, 0.15) is 10.7 Å². The largest absolute Gasteiger partial charge is 0.333 e. The summed E-state index contributed by atoms with van der Waals surface area (Å²) in [6.07, 6.45) is 4.08. The molecular weight excluding hydrogens is 336 g/mol. The molecule has 1 N–H and O–H groups in total. The van der Waals surface area contributed by atoms with Crippen molar-refractivity contribution in [3.05, 3.63) is 26.6 Å². The number of nitrogens with zero attached hydrogens (tertiary/aromatic N) is 3. The van der Waals surface area contributed by atoms with Crippen LogP contribution in [-0.2, 0) is 13.0 Å². The summed E-state index contributed by atoms with van der Waals surface area (Å²) in [5.41, 5.74) is 0.829. The van der Waals surface area contributed by atoms with Crippen LogP contribution in [0, 0.1) is 6.92 Å². The van der Waals surface area contributed by atoms with Crippen LogP contribution in [0.5, 0.6) is 0 Å². The summed E-state index contributed by atoms with van der Waals surface area (Å²) in [5, 5.41) is 3.95. The van der Waals surface area contributed by atoms with Crippen molar-refractivity contribution in [3.8, 4) is 0 Å². The van der Waals surface area contributed by atoms with E-state index in [4.69, 9.17) is 4.98 Å². The standard InChI is InChI=1S/C18H24N4O2S/c1-11-10-19-7-9-21(11)18(24)15-12(2)14-16(25-15)20-13-6-4-3-5-8-22(13)17(14)23/h11,19H,3-10H2,1-2H3/t11-/m0/s1. The van der Waals surface area contributed by atoms with E-state index in [-0.39, 0.29) is 17.5 Å². The molecular formula is C18H24N4O2S. The number of thiophene rings is 1. The Balaban J connectivity index is 1.81. The molecule has 25 heavy (non-hydrogen) atoms. The molecule has 6 nitrogen and oxygen atoms in total. The Morgan fingerprint density at radius 3 is 2.92 bits per heavy atom. The molecule has 1 fully saturated rings. The Labute approximate surface area is 150 Å². The van der Waals surface area contributed by atoms with Crippen LogP contribution < -0.4 is 10.9 Å². The molecule has 1 amide bonds. The molecule has 2 aliphatic rings. The number of piperazine rings is 1. The van der Waals surface area contributed by atoms with Crippen LogP contribution in [-0.4, -0.2) is 46.0 Å². The first-order valence-electron chi connectivity index (χ1n) is 9.12. The van der Waals surface area contributed by atoms with Crippen molar-refractivity contribution in [2.75, 3.05) is 19.6 Å². The molecule has 2 aliphatic heterocycles. The maximum absolute atomic E-state index is 13.1. The van der Waals surface area contributed by atoms with Crippen LogP contribution >= 0.6 is 11.3 Å². The van der Waals surface area contributed by atoms with E-state index in [0.29, 0.717) is 16.8 Å². The normalized spacial score (nSPS) is 21.2. The van der Waals surface area contributed by atoms with Gasteiger partial charge < -0.3 is 10.2 Å². The minimum atomic E-state index is 0.0306. The maximum atomic E-state index is 13.1. The van der Waals surface area contributed by atoms with Crippen molar-refractivity contribution in [3.63, 3.8) is 0 Å². The summed E-state index contributed by atoms with van der Waals surface area (Å²) in [5.74, 6) is 0.917. The molecule has 7 heteroatoms. The van der Waals surface area contributed by atoms with Crippen molar-refractivity contribution < 1.29 is 4.79 Å². The van der Waals surface area contributed by atoms with Gasteiger partial charge in [0, 0.05) is 38.6 Å². The van der Waals surface area contributed by atoms with E-state index in [1.54, 1.807) is 0 Å². The minimum absolute atomic E-state index is 0.0306. The van der Waals surface area contributed by atoms with Crippen molar-refractivity contribution in [2.24, 2.45) is 0 Å². The number of aryl methyl sites for hydroxylation is 2. The molecule has 2 aromatic heterocycles. The Kier molecular flexibility index (Phi) is 4.37. The molecule has 1 saturated heterocycles. The van der Waals surface area contributed by atoms with Gasteiger partial charge in [-0.25, -0.2) is 4.98 Å². The van der Waals surface area contributed by atoms with E-state index in [1.807, 2.05) is 16.4 Å². The van der Waals surface area contributed by atoms with Gasteiger partial charge in [0.15, 0.2) is 0 Å². The van der Waals surface area contributed by atoms with Gasteiger partial charge in [-0.05, 0) is 32.3 Å². The minimum Gasteiger partial charge on any atom is -0.333 e. The second-order valence-corrected chi connectivity index (χ2v) is 8.08. The molecule has 0 spiro atoms. The number of amides is 1. The predicted molar refractivity (Wildman–Crippen MR) is 99.5 cm³/mol. The van der Waals surface area contributed by atoms with Crippen molar-refractivity contribution >= 4 is 27.5 Å². The zero-order valence-electron chi connectivity index (χ0n) is 14.8. The maximum Gasteiger partial charge on any atom is 0.264 e. The highest BCUT2D eigenvalue weighted by molar-refractivity contribution is 7.20. The lowest BCUT2D eigenvalue weighted by molar-refractivity contribution is 0.0660.